The van der Waals surface area contributed by atoms with E-state index in [2.05, 4.69) is 6.07 Å². The normalized spacial score (nSPS) is 8.93. The van der Waals surface area contributed by atoms with Crippen LogP contribution >= 0.6 is 0 Å². The Morgan fingerprint density at radius 2 is 2.21 bits per heavy atom. The van der Waals surface area contributed by atoms with Gasteiger partial charge in [-0.1, -0.05) is 6.08 Å². The molecule has 0 aliphatic carbocycles. The van der Waals surface area contributed by atoms with E-state index in [9.17, 15) is 9.18 Å². The van der Waals surface area contributed by atoms with Gasteiger partial charge >= 0.3 is 5.97 Å². The summed E-state index contributed by atoms with van der Waals surface area (Å²) in [7, 11) is 0. The van der Waals surface area contributed by atoms with E-state index in [1.54, 1.807) is 6.07 Å². The fourth-order valence-corrected chi connectivity index (χ4v) is 0.725. The van der Waals surface area contributed by atoms with Gasteiger partial charge in [-0.05, 0) is 0 Å². The van der Waals surface area contributed by atoms with Crippen molar-refractivity contribution in [1.29, 1.82) is 0 Å². The molecule has 0 aliphatic rings. The second-order valence-corrected chi connectivity index (χ2v) is 2.14. The molecule has 0 atom stereocenters. The van der Waals surface area contributed by atoms with Crippen LogP contribution in [-0.4, -0.2) is 11.1 Å². The Balaban J connectivity index is 0. The third-order valence-electron chi connectivity index (χ3n) is 1.21. The summed E-state index contributed by atoms with van der Waals surface area (Å²) in [4.78, 5) is 10.1. The van der Waals surface area contributed by atoms with Crippen molar-refractivity contribution in [2.75, 3.05) is 0 Å². The number of hydrogen-bond acceptors (Lipinski definition) is 1. The molecular weight excluding hydrogens is 428 g/mol. The summed E-state index contributed by atoms with van der Waals surface area (Å²) < 4.78 is 12.5. The largest absolute Gasteiger partial charge is 0.478 e. The number of carboxylic acid groups (broad SMARTS) is 1. The van der Waals surface area contributed by atoms with Gasteiger partial charge in [0.15, 0.2) is 0 Å². The Bertz CT molecular complexity index is 324. The van der Waals surface area contributed by atoms with Crippen LogP contribution in [0.1, 0.15) is 5.56 Å². The van der Waals surface area contributed by atoms with Crippen LogP contribution in [0.3, 0.4) is 0 Å². The van der Waals surface area contributed by atoms with Crippen LogP contribution in [0.15, 0.2) is 24.3 Å². The Hall–Kier alpha value is -2.64. The Morgan fingerprint density at radius 1 is 1.57 bits per heavy atom. The first-order valence-corrected chi connectivity index (χ1v) is 3.27. The number of hydrogen-bond donors (Lipinski definition) is 1. The zero-order chi connectivity index (χ0) is 8.97. The summed E-state index contributed by atoms with van der Waals surface area (Å²) in [6, 6.07) is 6.49. The molecule has 1 aromatic rings. The molecule has 0 heterocycles. The van der Waals surface area contributed by atoms with Crippen LogP contribution < -0.4 is 0 Å². The molecule has 0 aliphatic heterocycles. The van der Waals surface area contributed by atoms with Gasteiger partial charge in [-0.25, -0.2) is 9.18 Å². The molecule has 0 fully saturated rings. The molecular formula is C10H9FFmO2-2. The number of carbonyl (C=O) groups is 1. The second kappa shape index (κ2) is 5.94. The van der Waals surface area contributed by atoms with E-state index in [1.165, 1.54) is 18.2 Å². The first-order chi connectivity index (χ1) is 5.68. The average Bonchev–Trinajstić information content (AvgIpc) is 2.01. The van der Waals surface area contributed by atoms with Crippen molar-refractivity contribution >= 4 is 12.0 Å². The van der Waals surface area contributed by atoms with E-state index < -0.39 is 11.8 Å². The van der Waals surface area contributed by atoms with Gasteiger partial charge in [0, 0.05) is 11.9 Å². The third kappa shape index (κ3) is 4.28. The molecule has 0 saturated carbocycles. The molecule has 14 heavy (non-hydrogen) atoms. The first kappa shape index (κ1) is 13.9. The maximum absolute atomic E-state index is 12.5. The molecule has 2 nitrogen and oxygen atoms in total. The average molecular weight is 437 g/mol. The predicted molar refractivity (Wildman–Crippen MR) is 48.3 cm³/mol. The third-order valence-corrected chi connectivity index (χ3v) is 1.21. The van der Waals surface area contributed by atoms with Crippen LogP contribution in [0.4, 0.5) is 4.39 Å². The van der Waals surface area contributed by atoms with Gasteiger partial charge < -0.3 is 12.5 Å². The van der Waals surface area contributed by atoms with Gasteiger partial charge in [-0.15, -0.1) is 17.7 Å². The van der Waals surface area contributed by atoms with E-state index in [0.717, 1.165) is 6.08 Å². The summed E-state index contributed by atoms with van der Waals surface area (Å²) in [5.74, 6) is -1.55. The van der Waals surface area contributed by atoms with Crippen LogP contribution in [0.5, 0.6) is 0 Å². The summed E-state index contributed by atoms with van der Waals surface area (Å²) in [5, 5.41) is 8.26. The molecule has 82 valence electrons. The number of benzene rings is 1. The van der Waals surface area contributed by atoms with Crippen molar-refractivity contribution in [2.24, 2.45) is 0 Å². The molecule has 1 rings (SSSR count). The number of rotatable bonds is 2. The van der Waals surface area contributed by atoms with E-state index in [1.807, 2.05) is 0 Å². The van der Waals surface area contributed by atoms with E-state index in [0.29, 0.717) is 5.56 Å². The Morgan fingerprint density at radius 3 is 2.71 bits per heavy atom. The Kier molecular flexibility index (Phi) is 5.91. The quantitative estimate of drug-likeness (QED) is 0.569. The number of carboxylic acids is 1. The first-order valence-electron chi connectivity index (χ1n) is 3.27. The second-order valence-electron chi connectivity index (χ2n) is 2.14. The summed E-state index contributed by atoms with van der Waals surface area (Å²) in [5.41, 5.74) is 0.508. The zero-order valence-corrected chi connectivity index (χ0v) is 9.81. The van der Waals surface area contributed by atoms with Gasteiger partial charge in [-0.3, -0.25) is 0 Å². The number of halogens is 1. The van der Waals surface area contributed by atoms with E-state index in [-0.39, 0.29) is 7.43 Å². The van der Waals surface area contributed by atoms with Gasteiger partial charge in [0.1, 0.15) is 0 Å². The van der Waals surface area contributed by atoms with Gasteiger partial charge in [0.25, 0.3) is 0 Å². The van der Waals surface area contributed by atoms with Gasteiger partial charge in [0.05, 0.1) is 0 Å². The Labute approximate surface area is 76.3 Å². The molecule has 4 heteroatoms. The minimum atomic E-state index is -1.05. The molecule has 0 aromatic heterocycles. The molecule has 1 N–H and O–H groups in total. The smallest absolute Gasteiger partial charge is 0.328 e. The van der Waals surface area contributed by atoms with Crippen molar-refractivity contribution in [1.82, 2.24) is 0 Å². The van der Waals surface area contributed by atoms with E-state index >= 15 is 0 Å². The van der Waals surface area contributed by atoms with Crippen molar-refractivity contribution in [3.8, 4) is 0 Å². The minimum Gasteiger partial charge on any atom is -0.478 e. The predicted octanol–water partition coefficient (Wildman–Crippen LogP) is 2.17. The van der Waals surface area contributed by atoms with Gasteiger partial charge in [0.2, 0.25) is 0 Å². The fraction of sp³-hybridized carbons (Fsp3) is 0. The van der Waals surface area contributed by atoms with Crippen molar-refractivity contribution in [2.45, 2.75) is 0 Å². The van der Waals surface area contributed by atoms with E-state index in [4.69, 9.17) is 5.11 Å². The maximum Gasteiger partial charge on any atom is 0.328 e. The molecule has 0 amide bonds. The van der Waals surface area contributed by atoms with Crippen molar-refractivity contribution in [3.05, 3.63) is 49.1 Å². The monoisotopic (exact) mass is 437 g/mol. The summed E-state index contributed by atoms with van der Waals surface area (Å²) in [6.45, 7) is 0. The molecule has 1 aromatic carbocycles. The van der Waals surface area contributed by atoms with Crippen molar-refractivity contribution < 1.29 is 14.3 Å². The topological polar surface area (TPSA) is 37.3 Å². The van der Waals surface area contributed by atoms with Crippen LogP contribution in [0, 0.1) is 19.3 Å². The summed E-state index contributed by atoms with van der Waals surface area (Å²) in [6.07, 6.45) is 2.27. The summed E-state index contributed by atoms with van der Waals surface area (Å²) >= 11 is 0. The SMILES string of the molecule is O=C(O)/C=C/c1cc[c-]c(F)c1.[CH3-].[Fm]. The fourth-order valence-electron chi connectivity index (χ4n) is 0.725. The van der Waals surface area contributed by atoms with Crippen LogP contribution in [0.25, 0.3) is 6.08 Å². The maximum atomic E-state index is 12.5. The zero-order valence-electron chi connectivity index (χ0n) is 7.41. The molecule has 0 bridgehead atoms. The molecule has 0 saturated heterocycles. The molecule has 0 radical (unpaired) electrons. The van der Waals surface area contributed by atoms with Gasteiger partial charge in [-0.2, -0.15) is 12.1 Å². The number of aliphatic carboxylic acids is 1. The molecule has 0 spiro atoms. The van der Waals surface area contributed by atoms with Crippen LogP contribution in [-0.2, 0) is 4.79 Å². The standard InChI is InChI=1S/C9H6FO2.CH3.Fm/c10-8-3-1-2-7(6-8)4-5-9(11)12;;/h1-2,4-6H,(H,11,12);1H3;/q2*-1;/b5-4+;;. The molecule has 0 unspecified atom stereocenters. The van der Waals surface area contributed by atoms with Crippen LogP contribution in [0.2, 0.25) is 0 Å². The van der Waals surface area contributed by atoms with Crippen molar-refractivity contribution in [3.63, 3.8) is 0 Å². The minimum absolute atomic E-state index is 0.